The van der Waals surface area contributed by atoms with E-state index in [1.54, 1.807) is 31.2 Å². The van der Waals surface area contributed by atoms with Crippen LogP contribution in [0.5, 0.6) is 0 Å². The van der Waals surface area contributed by atoms with Crippen molar-refractivity contribution >= 4 is 39.2 Å². The van der Waals surface area contributed by atoms with Crippen LogP contribution in [0.25, 0.3) is 0 Å². The summed E-state index contributed by atoms with van der Waals surface area (Å²) in [6.07, 6.45) is 4.19. The van der Waals surface area contributed by atoms with Crippen molar-refractivity contribution in [1.29, 1.82) is 0 Å². The minimum atomic E-state index is -3.90. The summed E-state index contributed by atoms with van der Waals surface area (Å²) in [5.41, 5.74) is 1.27. The number of unbranched alkanes of at least 4 members (excludes halogenated alkanes) is 3. The number of carbonyl (C=O) groups excluding carboxylic acids is 2. The van der Waals surface area contributed by atoms with Gasteiger partial charge in [-0.3, -0.25) is 9.59 Å². The van der Waals surface area contributed by atoms with E-state index in [1.807, 2.05) is 0 Å². The maximum Gasteiger partial charge on any atom is 0.310 e. The highest BCUT2D eigenvalue weighted by Crippen LogP contribution is 2.17. The highest BCUT2D eigenvalue weighted by atomic mass is 35.5. The average Bonchev–Trinajstić information content (AvgIpc) is 2.77. The van der Waals surface area contributed by atoms with Crippen LogP contribution in [0, 0.1) is 0 Å². The second-order valence-electron chi connectivity index (χ2n) is 7.65. The fraction of sp³-hybridized carbons (Fsp3) is 0.417. The molecule has 0 aliphatic rings. The van der Waals surface area contributed by atoms with Crippen molar-refractivity contribution in [1.82, 2.24) is 4.72 Å². The van der Waals surface area contributed by atoms with Gasteiger partial charge in [-0.15, -0.1) is 0 Å². The van der Waals surface area contributed by atoms with Gasteiger partial charge < -0.3 is 10.1 Å². The van der Waals surface area contributed by atoms with E-state index < -0.39 is 22.0 Å². The number of ether oxygens (including phenoxy) is 1. The van der Waals surface area contributed by atoms with Crippen molar-refractivity contribution in [2.24, 2.45) is 0 Å². The molecule has 2 rings (SSSR count). The van der Waals surface area contributed by atoms with Gasteiger partial charge in [0, 0.05) is 10.7 Å². The first-order chi connectivity index (χ1) is 15.7. The summed E-state index contributed by atoms with van der Waals surface area (Å²) in [6, 6.07) is 11.7. The van der Waals surface area contributed by atoms with Crippen LogP contribution in [0.4, 0.5) is 5.69 Å². The lowest BCUT2D eigenvalue weighted by Crippen LogP contribution is -2.43. The number of nitrogens with one attached hydrogen (secondary N) is 2. The first kappa shape index (κ1) is 26.8. The van der Waals surface area contributed by atoms with Gasteiger partial charge in [-0.25, -0.2) is 8.42 Å². The number of rotatable bonds is 13. The number of halogens is 1. The number of anilines is 1. The number of esters is 1. The molecular formula is C24H31ClN2O5S. The molecular weight excluding hydrogens is 464 g/mol. The van der Waals surface area contributed by atoms with Crippen molar-refractivity contribution in [3.63, 3.8) is 0 Å². The largest absolute Gasteiger partial charge is 0.466 e. The van der Waals surface area contributed by atoms with Crippen molar-refractivity contribution in [3.05, 3.63) is 59.1 Å². The zero-order valence-electron chi connectivity index (χ0n) is 19.0. The minimum absolute atomic E-state index is 0.0431. The Balaban J connectivity index is 2.09. The Hall–Kier alpha value is -2.42. The molecule has 2 aromatic rings. The summed E-state index contributed by atoms with van der Waals surface area (Å²) in [6.45, 7) is 4.15. The predicted molar refractivity (Wildman–Crippen MR) is 130 cm³/mol. The van der Waals surface area contributed by atoms with Crippen LogP contribution in [0.3, 0.4) is 0 Å². The highest BCUT2D eigenvalue weighted by molar-refractivity contribution is 7.89. The van der Waals surface area contributed by atoms with Gasteiger partial charge in [-0.05, 0) is 55.3 Å². The molecule has 180 valence electrons. The third-order valence-corrected chi connectivity index (χ3v) is 6.70. The van der Waals surface area contributed by atoms with Gasteiger partial charge >= 0.3 is 5.97 Å². The molecule has 0 aliphatic heterocycles. The smallest absolute Gasteiger partial charge is 0.310 e. The molecule has 0 radical (unpaired) electrons. The number of amides is 1. The van der Waals surface area contributed by atoms with Crippen LogP contribution in [-0.2, 0) is 30.8 Å². The van der Waals surface area contributed by atoms with E-state index in [9.17, 15) is 18.0 Å². The van der Waals surface area contributed by atoms with E-state index in [2.05, 4.69) is 17.0 Å². The van der Waals surface area contributed by atoms with E-state index >= 15 is 0 Å². The van der Waals surface area contributed by atoms with Gasteiger partial charge in [0.1, 0.15) is 6.04 Å². The molecule has 33 heavy (non-hydrogen) atoms. The fourth-order valence-electron chi connectivity index (χ4n) is 3.20. The third kappa shape index (κ3) is 9.15. The van der Waals surface area contributed by atoms with Crippen molar-refractivity contribution in [2.75, 3.05) is 11.9 Å². The van der Waals surface area contributed by atoms with E-state index in [4.69, 9.17) is 16.3 Å². The molecule has 0 saturated heterocycles. The normalized spacial score (nSPS) is 12.2. The van der Waals surface area contributed by atoms with Crippen molar-refractivity contribution in [2.45, 2.75) is 63.3 Å². The molecule has 0 saturated carbocycles. The average molecular weight is 495 g/mol. The molecule has 2 N–H and O–H groups in total. The maximum atomic E-state index is 13.0. The Kier molecular flexibility index (Phi) is 10.8. The molecule has 7 nitrogen and oxygen atoms in total. The summed E-state index contributed by atoms with van der Waals surface area (Å²) in [5, 5.41) is 3.19. The van der Waals surface area contributed by atoms with Crippen LogP contribution >= 0.6 is 11.6 Å². The zero-order valence-corrected chi connectivity index (χ0v) is 20.5. The predicted octanol–water partition coefficient (Wildman–Crippen LogP) is 4.70. The van der Waals surface area contributed by atoms with Crippen molar-refractivity contribution < 1.29 is 22.7 Å². The van der Waals surface area contributed by atoms with E-state index in [1.165, 1.54) is 24.3 Å². The lowest BCUT2D eigenvalue weighted by Gasteiger charge is -2.19. The SMILES string of the molecule is CCCCCCC(NS(=O)(=O)c1ccc(Cl)cc1)C(=O)Nc1ccc(CC(=O)OCC)cc1. The Morgan fingerprint density at radius 2 is 1.64 bits per heavy atom. The summed E-state index contributed by atoms with van der Waals surface area (Å²) in [7, 11) is -3.90. The van der Waals surface area contributed by atoms with Crippen LogP contribution < -0.4 is 10.0 Å². The number of benzene rings is 2. The molecule has 2 aromatic carbocycles. The molecule has 0 heterocycles. The lowest BCUT2D eigenvalue weighted by molar-refractivity contribution is -0.142. The zero-order chi connectivity index (χ0) is 24.3. The third-order valence-electron chi connectivity index (χ3n) is 4.96. The molecule has 0 fully saturated rings. The second kappa shape index (κ2) is 13.3. The van der Waals surface area contributed by atoms with Gasteiger partial charge in [0.15, 0.2) is 0 Å². The molecule has 1 amide bonds. The topological polar surface area (TPSA) is 102 Å². The minimum Gasteiger partial charge on any atom is -0.466 e. The Morgan fingerprint density at radius 3 is 2.24 bits per heavy atom. The lowest BCUT2D eigenvalue weighted by atomic mass is 10.1. The summed E-state index contributed by atoms with van der Waals surface area (Å²) in [4.78, 5) is 24.6. The van der Waals surface area contributed by atoms with Gasteiger partial charge in [-0.2, -0.15) is 4.72 Å². The first-order valence-corrected chi connectivity index (χ1v) is 12.9. The van der Waals surface area contributed by atoms with E-state index in [-0.39, 0.29) is 17.3 Å². The van der Waals surface area contributed by atoms with Crippen molar-refractivity contribution in [3.8, 4) is 0 Å². The molecule has 9 heteroatoms. The second-order valence-corrected chi connectivity index (χ2v) is 9.80. The number of carbonyl (C=O) groups is 2. The quantitative estimate of drug-likeness (QED) is 0.310. The highest BCUT2D eigenvalue weighted by Gasteiger charge is 2.25. The first-order valence-electron chi connectivity index (χ1n) is 11.1. The molecule has 1 atom stereocenters. The van der Waals surface area contributed by atoms with E-state index in [0.717, 1.165) is 24.8 Å². The van der Waals surface area contributed by atoms with Gasteiger partial charge in [0.25, 0.3) is 0 Å². The number of hydrogen-bond acceptors (Lipinski definition) is 5. The Bertz CT molecular complexity index is 1010. The van der Waals surface area contributed by atoms with Crippen LogP contribution in [0.1, 0.15) is 51.5 Å². The number of sulfonamides is 1. The Morgan fingerprint density at radius 1 is 0.970 bits per heavy atom. The number of hydrogen-bond donors (Lipinski definition) is 2. The molecule has 0 bridgehead atoms. The summed E-state index contributed by atoms with van der Waals surface area (Å²) in [5.74, 6) is -0.764. The Labute approximate surface area is 200 Å². The standard InChI is InChI=1S/C24H31ClN2O5S/c1-3-5-6-7-8-22(27-33(30,31)21-15-11-19(25)12-16-21)24(29)26-20-13-9-18(10-14-20)17-23(28)32-4-2/h9-16,22,27H,3-8,17H2,1-2H3,(H,26,29). The molecule has 0 spiro atoms. The van der Waals surface area contributed by atoms with Gasteiger partial charge in [-0.1, -0.05) is 56.3 Å². The molecule has 0 aromatic heterocycles. The summed E-state index contributed by atoms with van der Waals surface area (Å²) >= 11 is 5.86. The van der Waals surface area contributed by atoms with Crippen LogP contribution in [0.2, 0.25) is 5.02 Å². The molecule has 1 unspecified atom stereocenters. The monoisotopic (exact) mass is 494 g/mol. The van der Waals surface area contributed by atoms with Gasteiger partial charge in [0.2, 0.25) is 15.9 Å². The van der Waals surface area contributed by atoms with Gasteiger partial charge in [0.05, 0.1) is 17.9 Å². The van der Waals surface area contributed by atoms with Crippen LogP contribution in [-0.4, -0.2) is 32.9 Å². The molecule has 0 aliphatic carbocycles. The summed E-state index contributed by atoms with van der Waals surface area (Å²) < 4.78 is 33.1. The van der Waals surface area contributed by atoms with Crippen LogP contribution in [0.15, 0.2) is 53.4 Å². The van der Waals surface area contributed by atoms with E-state index in [0.29, 0.717) is 30.2 Å². The fourth-order valence-corrected chi connectivity index (χ4v) is 4.56. The maximum absolute atomic E-state index is 13.0.